The van der Waals surface area contributed by atoms with Crippen LogP contribution in [0.3, 0.4) is 0 Å². The van der Waals surface area contributed by atoms with Crippen LogP contribution in [0.2, 0.25) is 0 Å². The van der Waals surface area contributed by atoms with Crippen molar-refractivity contribution in [2.75, 3.05) is 0 Å². The predicted octanol–water partition coefficient (Wildman–Crippen LogP) is 1.01. The average molecular weight is 181 g/mol. The lowest BCUT2D eigenvalue weighted by molar-refractivity contribution is 0.360. The molecule has 0 fully saturated rings. The van der Waals surface area contributed by atoms with Crippen molar-refractivity contribution in [2.24, 2.45) is 0 Å². The molecule has 0 radical (unpaired) electrons. The fraction of sp³-hybridized carbons (Fsp3) is 0.667. The van der Waals surface area contributed by atoms with E-state index in [1.165, 1.54) is 0 Å². The maximum atomic E-state index is 11.5. The van der Waals surface area contributed by atoms with Gasteiger partial charge in [-0.3, -0.25) is 4.57 Å². The molecule has 1 rings (SSSR count). The molecule has 0 spiro atoms. The first-order valence-electron chi connectivity index (χ1n) is 4.27. The Morgan fingerprint density at radius 2 is 1.69 bits per heavy atom. The molecule has 0 saturated carbocycles. The summed E-state index contributed by atoms with van der Waals surface area (Å²) in [4.78, 5) is 19.5. The summed E-state index contributed by atoms with van der Waals surface area (Å²) in [6.45, 7) is 9.42. The third kappa shape index (κ3) is 1.94. The second-order valence-electron chi connectivity index (χ2n) is 4.11. The fourth-order valence-electron chi connectivity index (χ4n) is 1.41. The molecule has 0 aromatic carbocycles. The summed E-state index contributed by atoms with van der Waals surface area (Å²) < 4.78 is 1.60. The van der Waals surface area contributed by atoms with E-state index in [2.05, 4.69) is 9.97 Å². The van der Waals surface area contributed by atoms with Crippen LogP contribution in [0.4, 0.5) is 0 Å². The summed E-state index contributed by atoms with van der Waals surface area (Å²) in [7, 11) is 0. The lowest BCUT2D eigenvalue weighted by Crippen LogP contribution is -2.38. The van der Waals surface area contributed by atoms with Gasteiger partial charge in [-0.15, -0.1) is 0 Å². The van der Waals surface area contributed by atoms with Gasteiger partial charge in [-0.2, -0.15) is 4.98 Å². The molecule has 1 aromatic rings. The molecular formula is C9H15N3O. The van der Waals surface area contributed by atoms with Crippen LogP contribution in [0.1, 0.15) is 32.4 Å². The Labute approximate surface area is 77.7 Å². The maximum absolute atomic E-state index is 11.5. The van der Waals surface area contributed by atoms with Crippen LogP contribution in [0, 0.1) is 13.8 Å². The molecule has 4 nitrogen and oxygen atoms in total. The summed E-state index contributed by atoms with van der Waals surface area (Å²) in [5, 5.41) is 0. The highest BCUT2D eigenvalue weighted by atomic mass is 16.1. The van der Waals surface area contributed by atoms with E-state index in [0.29, 0.717) is 11.6 Å². The molecule has 0 atom stereocenters. The van der Waals surface area contributed by atoms with E-state index in [1.54, 1.807) is 11.5 Å². The summed E-state index contributed by atoms with van der Waals surface area (Å²) in [5.41, 5.74) is -0.480. The monoisotopic (exact) mass is 181 g/mol. The maximum Gasteiger partial charge on any atom is 0.351 e. The number of aromatic nitrogens is 3. The number of aryl methyl sites for hydroxylation is 2. The molecule has 0 amide bonds. The van der Waals surface area contributed by atoms with E-state index in [-0.39, 0.29) is 11.2 Å². The van der Waals surface area contributed by atoms with Crippen LogP contribution >= 0.6 is 0 Å². The minimum absolute atomic E-state index is 0.225. The molecule has 0 unspecified atom stereocenters. The Kier molecular flexibility index (Phi) is 2.24. The van der Waals surface area contributed by atoms with Crippen LogP contribution in [0.25, 0.3) is 0 Å². The molecule has 0 aliphatic rings. The highest BCUT2D eigenvalue weighted by Crippen LogP contribution is 2.11. The van der Waals surface area contributed by atoms with E-state index in [1.807, 2.05) is 27.7 Å². The zero-order valence-electron chi connectivity index (χ0n) is 8.75. The Morgan fingerprint density at radius 1 is 1.15 bits per heavy atom. The predicted molar refractivity (Wildman–Crippen MR) is 50.8 cm³/mol. The summed E-state index contributed by atoms with van der Waals surface area (Å²) >= 11 is 0. The van der Waals surface area contributed by atoms with Crippen molar-refractivity contribution in [3.63, 3.8) is 0 Å². The van der Waals surface area contributed by atoms with E-state index in [9.17, 15) is 4.79 Å². The van der Waals surface area contributed by atoms with Gasteiger partial charge < -0.3 is 0 Å². The van der Waals surface area contributed by atoms with Gasteiger partial charge in [0, 0.05) is 5.54 Å². The SMILES string of the molecule is Cc1nc(C)n(C(C)(C)C)c(=O)n1. The van der Waals surface area contributed by atoms with Crippen LogP contribution in [0.5, 0.6) is 0 Å². The lowest BCUT2D eigenvalue weighted by atomic mass is 10.1. The lowest BCUT2D eigenvalue weighted by Gasteiger charge is -2.23. The minimum Gasteiger partial charge on any atom is -0.275 e. The third-order valence-electron chi connectivity index (χ3n) is 1.77. The van der Waals surface area contributed by atoms with Crippen LogP contribution in [-0.4, -0.2) is 14.5 Å². The van der Waals surface area contributed by atoms with Crippen molar-refractivity contribution in [2.45, 2.75) is 40.2 Å². The first-order chi connectivity index (χ1) is 5.82. The summed E-state index contributed by atoms with van der Waals surface area (Å²) in [6.07, 6.45) is 0. The van der Waals surface area contributed by atoms with Crippen molar-refractivity contribution in [3.8, 4) is 0 Å². The number of hydrogen-bond acceptors (Lipinski definition) is 3. The van der Waals surface area contributed by atoms with Gasteiger partial charge in [0.2, 0.25) is 0 Å². The molecule has 0 N–H and O–H groups in total. The van der Waals surface area contributed by atoms with Gasteiger partial charge in [0.05, 0.1) is 0 Å². The molecule has 0 bridgehead atoms. The minimum atomic E-state index is -0.255. The van der Waals surface area contributed by atoms with Gasteiger partial charge in [-0.25, -0.2) is 9.78 Å². The van der Waals surface area contributed by atoms with Crippen molar-refractivity contribution in [1.82, 2.24) is 14.5 Å². The van der Waals surface area contributed by atoms with Crippen molar-refractivity contribution < 1.29 is 0 Å². The quantitative estimate of drug-likeness (QED) is 0.600. The van der Waals surface area contributed by atoms with Crippen molar-refractivity contribution in [1.29, 1.82) is 0 Å². The molecule has 0 aliphatic heterocycles. The zero-order chi connectivity index (χ0) is 10.2. The van der Waals surface area contributed by atoms with Gasteiger partial charge >= 0.3 is 5.69 Å². The van der Waals surface area contributed by atoms with Crippen LogP contribution in [-0.2, 0) is 5.54 Å². The Hall–Kier alpha value is -1.19. The Bertz CT molecular complexity index is 373. The number of rotatable bonds is 0. The summed E-state index contributed by atoms with van der Waals surface area (Å²) in [6, 6.07) is 0. The molecule has 13 heavy (non-hydrogen) atoms. The van der Waals surface area contributed by atoms with Crippen molar-refractivity contribution >= 4 is 0 Å². The fourth-order valence-corrected chi connectivity index (χ4v) is 1.41. The first kappa shape index (κ1) is 9.89. The van der Waals surface area contributed by atoms with E-state index >= 15 is 0 Å². The molecule has 0 aliphatic carbocycles. The van der Waals surface area contributed by atoms with Crippen LogP contribution in [0.15, 0.2) is 4.79 Å². The summed E-state index contributed by atoms with van der Waals surface area (Å²) in [5.74, 6) is 1.24. The number of nitrogens with zero attached hydrogens (tertiary/aromatic N) is 3. The molecule has 4 heteroatoms. The van der Waals surface area contributed by atoms with E-state index in [0.717, 1.165) is 0 Å². The highest BCUT2D eigenvalue weighted by Gasteiger charge is 2.18. The van der Waals surface area contributed by atoms with Crippen LogP contribution < -0.4 is 5.69 Å². The zero-order valence-corrected chi connectivity index (χ0v) is 8.75. The smallest absolute Gasteiger partial charge is 0.275 e. The Morgan fingerprint density at radius 3 is 2.08 bits per heavy atom. The molecule has 1 heterocycles. The molecular weight excluding hydrogens is 166 g/mol. The third-order valence-corrected chi connectivity index (χ3v) is 1.77. The van der Waals surface area contributed by atoms with Gasteiger partial charge in [-0.05, 0) is 34.6 Å². The van der Waals surface area contributed by atoms with Gasteiger partial charge in [-0.1, -0.05) is 0 Å². The van der Waals surface area contributed by atoms with Gasteiger partial charge in [0.25, 0.3) is 0 Å². The highest BCUT2D eigenvalue weighted by molar-refractivity contribution is 4.94. The normalized spacial score (nSPS) is 11.8. The molecule has 0 saturated heterocycles. The average Bonchev–Trinajstić information content (AvgIpc) is 1.78. The molecule has 72 valence electrons. The first-order valence-corrected chi connectivity index (χ1v) is 4.27. The number of hydrogen-bond donors (Lipinski definition) is 0. The molecule has 1 aromatic heterocycles. The standard InChI is InChI=1S/C9H15N3O/c1-6-10-7(2)12(8(13)11-6)9(3,4)5/h1-5H3. The topological polar surface area (TPSA) is 47.8 Å². The second-order valence-corrected chi connectivity index (χ2v) is 4.11. The second kappa shape index (κ2) is 2.94. The van der Waals surface area contributed by atoms with E-state index < -0.39 is 0 Å². The Balaban J connectivity index is 3.47. The van der Waals surface area contributed by atoms with E-state index in [4.69, 9.17) is 0 Å². The van der Waals surface area contributed by atoms with Gasteiger partial charge in [0.15, 0.2) is 0 Å². The van der Waals surface area contributed by atoms with Gasteiger partial charge in [0.1, 0.15) is 11.6 Å². The largest absolute Gasteiger partial charge is 0.351 e. The van der Waals surface area contributed by atoms with Crippen molar-refractivity contribution in [3.05, 3.63) is 22.1 Å².